The number of rotatable bonds is 4. The molecule has 0 amide bonds. The Kier molecular flexibility index (Phi) is 5.32. The summed E-state index contributed by atoms with van der Waals surface area (Å²) in [5.74, 6) is 2.01. The first-order chi connectivity index (χ1) is 11.7. The first-order valence-electron chi connectivity index (χ1n) is 8.68. The van der Waals surface area contributed by atoms with Crippen molar-refractivity contribution in [3.05, 3.63) is 48.7 Å². The molecule has 0 spiro atoms. The van der Waals surface area contributed by atoms with Crippen molar-refractivity contribution in [3.63, 3.8) is 0 Å². The van der Waals surface area contributed by atoms with Crippen LogP contribution in [0.4, 0.5) is 0 Å². The van der Waals surface area contributed by atoms with E-state index < -0.39 is 6.10 Å². The van der Waals surface area contributed by atoms with Crippen LogP contribution in [0.15, 0.2) is 43.1 Å². The molecule has 5 heteroatoms. The van der Waals surface area contributed by atoms with Crippen LogP contribution in [0.1, 0.15) is 25.9 Å². The third-order valence-electron chi connectivity index (χ3n) is 5.82. The summed E-state index contributed by atoms with van der Waals surface area (Å²) in [7, 11) is 1.66. The monoisotopic (exact) mass is 360 g/mol. The van der Waals surface area contributed by atoms with Crippen molar-refractivity contribution in [3.8, 4) is 5.75 Å². The highest BCUT2D eigenvalue weighted by Gasteiger charge is 2.42. The summed E-state index contributed by atoms with van der Waals surface area (Å²) in [6, 6.07) is 7.96. The molecule has 3 aliphatic heterocycles. The molecule has 0 radical (unpaired) electrons. The van der Waals surface area contributed by atoms with Gasteiger partial charge < -0.3 is 22.3 Å². The number of hydrogen-bond acceptors (Lipinski definition) is 4. The fourth-order valence-corrected chi connectivity index (χ4v) is 4.44. The molecular weight excluding hydrogens is 336 g/mol. The molecule has 1 aromatic heterocycles. The van der Waals surface area contributed by atoms with Crippen LogP contribution in [0.3, 0.4) is 0 Å². The summed E-state index contributed by atoms with van der Waals surface area (Å²) in [5, 5.41) is 12.1. The van der Waals surface area contributed by atoms with Crippen molar-refractivity contribution in [2.24, 2.45) is 11.8 Å². The second kappa shape index (κ2) is 7.32. The minimum Gasteiger partial charge on any atom is -1.00 e. The zero-order chi connectivity index (χ0) is 16.7. The largest absolute Gasteiger partial charge is 1.00 e. The van der Waals surface area contributed by atoms with Crippen LogP contribution in [0.2, 0.25) is 0 Å². The van der Waals surface area contributed by atoms with Gasteiger partial charge in [0.1, 0.15) is 5.75 Å². The number of hydrogen-bond donors (Lipinski definition) is 1. The Labute approximate surface area is 156 Å². The Morgan fingerprint density at radius 1 is 1.44 bits per heavy atom. The van der Waals surface area contributed by atoms with Crippen LogP contribution < -0.4 is 17.1 Å². The van der Waals surface area contributed by atoms with Crippen molar-refractivity contribution < 1.29 is 23.7 Å². The highest BCUT2D eigenvalue weighted by atomic mass is 35.5. The molecule has 25 heavy (non-hydrogen) atoms. The summed E-state index contributed by atoms with van der Waals surface area (Å²) in [6.07, 6.45) is 5.62. The average Bonchev–Trinajstić information content (AvgIpc) is 2.66. The van der Waals surface area contributed by atoms with E-state index in [9.17, 15) is 5.11 Å². The summed E-state index contributed by atoms with van der Waals surface area (Å²) in [5.41, 5.74) is 1.85. The summed E-state index contributed by atoms with van der Waals surface area (Å²) in [6.45, 7) is 6.07. The highest BCUT2D eigenvalue weighted by Crippen LogP contribution is 2.42. The lowest BCUT2D eigenvalue weighted by atomic mass is 9.73. The predicted molar refractivity (Wildman–Crippen MR) is 96.1 cm³/mol. The maximum absolute atomic E-state index is 11.2. The lowest BCUT2D eigenvalue weighted by Gasteiger charge is -2.50. The number of aliphatic hydroxyl groups excluding tert-OH is 1. The summed E-state index contributed by atoms with van der Waals surface area (Å²) < 4.78 is 5.35. The molecule has 0 aliphatic carbocycles. The number of aromatic nitrogens is 1. The first kappa shape index (κ1) is 18.2. The van der Waals surface area contributed by atoms with Crippen molar-refractivity contribution >= 4 is 10.9 Å². The Bertz CT molecular complexity index is 773. The van der Waals surface area contributed by atoms with E-state index in [0.717, 1.165) is 41.7 Å². The van der Waals surface area contributed by atoms with Gasteiger partial charge in [0.05, 0.1) is 18.7 Å². The van der Waals surface area contributed by atoms with Crippen molar-refractivity contribution in [1.29, 1.82) is 0 Å². The maximum Gasteiger partial charge on any atom is 1.00 e. The van der Waals surface area contributed by atoms with Crippen LogP contribution in [0, 0.1) is 11.8 Å². The molecule has 0 saturated carbocycles. The maximum atomic E-state index is 11.2. The van der Waals surface area contributed by atoms with Gasteiger partial charge in [-0.25, -0.2) is 0 Å². The molecule has 4 nitrogen and oxygen atoms in total. The number of fused-ring (bicyclic) bond motifs is 4. The Morgan fingerprint density at radius 3 is 2.96 bits per heavy atom. The van der Waals surface area contributed by atoms with Gasteiger partial charge in [0, 0.05) is 24.2 Å². The molecule has 1 N–H and O–H groups in total. The van der Waals surface area contributed by atoms with Crippen LogP contribution in [0.5, 0.6) is 5.75 Å². The standard InChI is InChI=1S/C20H24N2O2.ClH/c1-3-13-12-22-9-7-14(13)10-19(22)20(23)16-6-8-21-18-5-4-15(24-2)11-17(16)18;/h3-6,8,11,13-14,19-20,23H,1,7,9-10,12H2,2H3;1H/t13-,14+,19+,20-;/m1./s1. The average molecular weight is 361 g/mol. The summed E-state index contributed by atoms with van der Waals surface area (Å²) >= 11 is 0. The van der Waals surface area contributed by atoms with Crippen LogP contribution in [0.25, 0.3) is 10.9 Å². The van der Waals surface area contributed by atoms with Crippen molar-refractivity contribution in [1.82, 2.24) is 9.88 Å². The lowest BCUT2D eigenvalue weighted by Crippen LogP contribution is -3.00. The van der Waals surface area contributed by atoms with E-state index in [1.807, 2.05) is 24.3 Å². The molecule has 5 atom stereocenters. The fourth-order valence-electron chi connectivity index (χ4n) is 4.44. The van der Waals surface area contributed by atoms with Crippen LogP contribution >= 0.6 is 0 Å². The highest BCUT2D eigenvalue weighted by molar-refractivity contribution is 5.83. The van der Waals surface area contributed by atoms with Crippen LogP contribution in [-0.2, 0) is 0 Å². The zero-order valence-electron chi connectivity index (χ0n) is 15.4. The normalized spacial score (nSPS) is 29.0. The number of piperidine rings is 3. The number of aliphatic hydroxyl groups is 1. The molecule has 3 aliphatic rings. The SMILES string of the molecule is C=C[C@@H]1CN2CC[C@H]1C[C@H]2[C@H](O)c1ccnc2ccc(OC)cc12.[Cl-].[H+]. The second-order valence-corrected chi connectivity index (χ2v) is 6.97. The van der Waals surface area contributed by atoms with Crippen molar-refractivity contribution in [2.45, 2.75) is 25.0 Å². The summed E-state index contributed by atoms with van der Waals surface area (Å²) in [4.78, 5) is 6.86. The lowest BCUT2D eigenvalue weighted by molar-refractivity contribution is -0.0444. The van der Waals surface area contributed by atoms with Crippen molar-refractivity contribution in [2.75, 3.05) is 20.2 Å². The van der Waals surface area contributed by atoms with Gasteiger partial charge >= 0.3 is 1.43 Å². The molecule has 134 valence electrons. The number of pyridine rings is 1. The fraction of sp³-hybridized carbons (Fsp3) is 0.450. The van der Waals surface area contributed by atoms with E-state index in [2.05, 4.69) is 22.5 Å². The van der Waals surface area contributed by atoms with E-state index in [-0.39, 0.29) is 19.9 Å². The Morgan fingerprint density at radius 2 is 2.28 bits per heavy atom. The smallest absolute Gasteiger partial charge is 1.00 e. The third kappa shape index (κ3) is 3.14. The van der Waals surface area contributed by atoms with E-state index in [0.29, 0.717) is 11.8 Å². The van der Waals surface area contributed by atoms with Crippen LogP contribution in [-0.4, -0.2) is 41.2 Å². The number of halogens is 1. The molecule has 2 bridgehead atoms. The number of ether oxygens (including phenoxy) is 1. The molecule has 1 aromatic carbocycles. The second-order valence-electron chi connectivity index (χ2n) is 6.97. The van der Waals surface area contributed by atoms with Gasteiger partial charge in [0.25, 0.3) is 0 Å². The van der Waals surface area contributed by atoms with Gasteiger partial charge in [-0.1, -0.05) is 6.08 Å². The van der Waals surface area contributed by atoms with Gasteiger partial charge in [-0.2, -0.15) is 0 Å². The molecule has 1 unspecified atom stereocenters. The number of methoxy groups -OCH3 is 1. The van der Waals surface area contributed by atoms with E-state index in [1.165, 1.54) is 6.42 Å². The molecular formula is C20H25ClN2O2. The molecule has 4 heterocycles. The third-order valence-corrected chi connectivity index (χ3v) is 5.82. The zero-order valence-corrected chi connectivity index (χ0v) is 15.2. The van der Waals surface area contributed by atoms with E-state index >= 15 is 0 Å². The quantitative estimate of drug-likeness (QED) is 0.796. The Balaban J connectivity index is 0.00000121. The number of benzene rings is 1. The molecule has 2 aromatic rings. The molecule has 3 saturated heterocycles. The van der Waals surface area contributed by atoms with Gasteiger partial charge in [-0.05, 0) is 61.1 Å². The van der Waals surface area contributed by atoms with E-state index in [1.54, 1.807) is 13.3 Å². The first-order valence-corrected chi connectivity index (χ1v) is 8.68. The van der Waals surface area contributed by atoms with Gasteiger partial charge in [0.15, 0.2) is 0 Å². The molecule has 3 fully saturated rings. The minimum absolute atomic E-state index is 0. The van der Waals surface area contributed by atoms with Gasteiger partial charge in [0.2, 0.25) is 0 Å². The number of nitrogens with zero attached hydrogens (tertiary/aromatic N) is 2. The predicted octanol–water partition coefficient (Wildman–Crippen LogP) is 0.290. The van der Waals surface area contributed by atoms with Gasteiger partial charge in [-0.3, -0.25) is 9.88 Å². The topological polar surface area (TPSA) is 45.6 Å². The van der Waals surface area contributed by atoms with E-state index in [4.69, 9.17) is 4.74 Å². The molecule has 5 rings (SSSR count). The van der Waals surface area contributed by atoms with Gasteiger partial charge in [-0.15, -0.1) is 6.58 Å². The minimum atomic E-state index is -0.504. The Hall–Kier alpha value is -1.62.